The van der Waals surface area contributed by atoms with Crippen LogP contribution in [0.5, 0.6) is 0 Å². The molecule has 1 heterocycles. The highest BCUT2D eigenvalue weighted by atomic mass is 32.2. The first-order chi connectivity index (χ1) is 14.3. The summed E-state index contributed by atoms with van der Waals surface area (Å²) in [6.07, 6.45) is -8.21. The van der Waals surface area contributed by atoms with E-state index >= 15 is 0 Å². The van der Waals surface area contributed by atoms with E-state index in [4.69, 9.17) is 0 Å². The monoisotopic (exact) mass is 466 g/mol. The number of halogens is 6. The molecule has 12 heteroatoms. The second kappa shape index (κ2) is 8.13. The van der Waals surface area contributed by atoms with Crippen molar-refractivity contribution in [2.75, 3.05) is 6.54 Å². The van der Waals surface area contributed by atoms with Crippen molar-refractivity contribution in [2.24, 2.45) is 5.92 Å². The maximum atomic E-state index is 12.8. The molecule has 1 aliphatic carbocycles. The van der Waals surface area contributed by atoms with Gasteiger partial charge in [-0.1, -0.05) is 6.07 Å². The van der Waals surface area contributed by atoms with E-state index in [0.29, 0.717) is 12.1 Å². The van der Waals surface area contributed by atoms with Gasteiger partial charge in [-0.05, 0) is 49.1 Å². The van der Waals surface area contributed by atoms with E-state index in [1.807, 2.05) is 0 Å². The maximum absolute atomic E-state index is 12.8. The molecular weight excluding hydrogens is 450 g/mol. The predicted molar refractivity (Wildman–Crippen MR) is 96.7 cm³/mol. The second-order valence-corrected chi connectivity index (χ2v) is 9.40. The van der Waals surface area contributed by atoms with E-state index in [1.54, 1.807) is 0 Å². The Morgan fingerprint density at radius 2 is 1.71 bits per heavy atom. The average molecular weight is 466 g/mol. The molecule has 0 bridgehead atoms. The molecule has 1 aromatic carbocycles. The van der Waals surface area contributed by atoms with E-state index in [-0.39, 0.29) is 30.9 Å². The number of benzene rings is 1. The summed E-state index contributed by atoms with van der Waals surface area (Å²) in [5.74, 6) is -0.887. The number of carbonyl (C=O) groups is 1. The van der Waals surface area contributed by atoms with Crippen LogP contribution in [0.25, 0.3) is 0 Å². The lowest BCUT2D eigenvalue weighted by Gasteiger charge is -2.35. The Labute approximate surface area is 173 Å². The Balaban J connectivity index is 1.55. The van der Waals surface area contributed by atoms with Gasteiger partial charge in [0.05, 0.1) is 21.3 Å². The van der Waals surface area contributed by atoms with Crippen LogP contribution in [-0.4, -0.2) is 31.1 Å². The molecule has 3 rings (SSSR count). The number of carbonyl (C=O) groups excluding carboxylic acids is 1. The summed E-state index contributed by atoms with van der Waals surface area (Å²) in [7, 11) is -3.96. The first-order valence-corrected chi connectivity index (χ1v) is 10.6. The number of alkyl halides is 6. The first kappa shape index (κ1) is 23.0. The zero-order chi connectivity index (χ0) is 23.0. The summed E-state index contributed by atoms with van der Waals surface area (Å²) in [6.45, 7) is 0.0778. The molecule has 0 atom stereocenters. The van der Waals surface area contributed by atoms with Crippen molar-refractivity contribution in [2.45, 2.75) is 35.3 Å². The van der Waals surface area contributed by atoms with Gasteiger partial charge in [0.25, 0.3) is 5.91 Å². The van der Waals surface area contributed by atoms with Crippen molar-refractivity contribution in [3.05, 3.63) is 59.4 Å². The number of nitrogens with zero attached hydrogens (tertiary/aromatic N) is 1. The number of amides is 1. The standard InChI is InChI=1S/C19H16F6N2O3S/c20-18(21,22)13-2-1-3-14(8-13)31(29,30)15-6-11(7-15)9-27-17(28)12-4-5-16(26-10-12)19(23,24)25/h1-5,8,10-11,15H,6-7,9H2,(H,27,28)/t11-,15-. The SMILES string of the molecule is O=C(NC[C@H]1C[C@H](S(=O)(=O)c2cccc(C(F)(F)F)c2)C1)c1ccc(C(F)(F)F)nc1. The lowest BCUT2D eigenvalue weighted by atomic mass is 9.85. The summed E-state index contributed by atoms with van der Waals surface area (Å²) in [6, 6.07) is 5.18. The van der Waals surface area contributed by atoms with Crippen molar-refractivity contribution >= 4 is 15.7 Å². The quantitative estimate of drug-likeness (QED) is 0.674. The van der Waals surface area contributed by atoms with E-state index in [2.05, 4.69) is 10.3 Å². The van der Waals surface area contributed by atoms with Crippen molar-refractivity contribution in [1.82, 2.24) is 10.3 Å². The van der Waals surface area contributed by atoms with Crippen molar-refractivity contribution < 1.29 is 39.6 Å². The number of sulfone groups is 1. The van der Waals surface area contributed by atoms with Crippen LogP contribution in [0.4, 0.5) is 26.3 Å². The molecule has 1 N–H and O–H groups in total. The van der Waals surface area contributed by atoms with Crippen molar-refractivity contribution in [1.29, 1.82) is 0 Å². The van der Waals surface area contributed by atoms with Crippen LogP contribution in [0.15, 0.2) is 47.5 Å². The molecule has 0 aliphatic heterocycles. The van der Waals surface area contributed by atoms with E-state index in [9.17, 15) is 39.6 Å². The van der Waals surface area contributed by atoms with Crippen LogP contribution in [-0.2, 0) is 22.2 Å². The van der Waals surface area contributed by atoms with Crippen molar-refractivity contribution in [3.8, 4) is 0 Å². The normalized spacial score (nSPS) is 19.5. The van der Waals surface area contributed by atoms with Crippen LogP contribution < -0.4 is 5.32 Å². The van der Waals surface area contributed by atoms with Crippen molar-refractivity contribution in [3.63, 3.8) is 0 Å². The zero-order valence-electron chi connectivity index (χ0n) is 15.7. The fraction of sp³-hybridized carbons (Fsp3) is 0.368. The average Bonchev–Trinajstić information content (AvgIpc) is 2.65. The van der Waals surface area contributed by atoms with Gasteiger partial charge in [0.2, 0.25) is 0 Å². The van der Waals surface area contributed by atoms with Gasteiger partial charge in [-0.15, -0.1) is 0 Å². The smallest absolute Gasteiger partial charge is 0.352 e. The highest BCUT2D eigenvalue weighted by Crippen LogP contribution is 2.38. The third-order valence-electron chi connectivity index (χ3n) is 4.99. The molecular formula is C19H16F6N2O3S. The summed E-state index contributed by atoms with van der Waals surface area (Å²) < 4.78 is 101. The molecule has 31 heavy (non-hydrogen) atoms. The molecule has 1 fully saturated rings. The summed E-state index contributed by atoms with van der Waals surface area (Å²) in [5, 5.41) is 1.63. The Bertz CT molecular complexity index is 1060. The molecule has 1 aliphatic rings. The zero-order valence-corrected chi connectivity index (χ0v) is 16.5. The first-order valence-electron chi connectivity index (χ1n) is 9.01. The van der Waals surface area contributed by atoms with Gasteiger partial charge in [0.15, 0.2) is 9.84 Å². The molecule has 2 aromatic rings. The van der Waals surface area contributed by atoms with Crippen LogP contribution in [0.3, 0.4) is 0 Å². The maximum Gasteiger partial charge on any atom is 0.433 e. The number of hydrogen-bond acceptors (Lipinski definition) is 4. The summed E-state index contributed by atoms with van der Waals surface area (Å²) >= 11 is 0. The molecule has 0 unspecified atom stereocenters. The molecule has 0 spiro atoms. The fourth-order valence-electron chi connectivity index (χ4n) is 3.17. The number of nitrogens with one attached hydrogen (secondary N) is 1. The second-order valence-electron chi connectivity index (χ2n) is 7.17. The van der Waals surface area contributed by atoms with Gasteiger partial charge in [-0.25, -0.2) is 8.42 Å². The minimum absolute atomic E-state index is 0.0778. The van der Waals surface area contributed by atoms with Gasteiger partial charge >= 0.3 is 12.4 Å². The molecule has 0 radical (unpaired) electrons. The summed E-state index contributed by atoms with van der Waals surface area (Å²) in [5.41, 5.74) is -2.27. The largest absolute Gasteiger partial charge is 0.433 e. The lowest BCUT2D eigenvalue weighted by molar-refractivity contribution is -0.141. The van der Waals surface area contributed by atoms with Gasteiger partial charge in [0.1, 0.15) is 5.69 Å². The number of aromatic nitrogens is 1. The van der Waals surface area contributed by atoms with E-state index in [0.717, 1.165) is 30.5 Å². The molecule has 5 nitrogen and oxygen atoms in total. The molecule has 1 saturated carbocycles. The van der Waals surface area contributed by atoms with Crippen LogP contribution in [0, 0.1) is 5.92 Å². The van der Waals surface area contributed by atoms with Gasteiger partial charge < -0.3 is 5.32 Å². The Hall–Kier alpha value is -2.63. The molecule has 1 aromatic heterocycles. The Kier molecular flexibility index (Phi) is 6.05. The summed E-state index contributed by atoms with van der Waals surface area (Å²) in [4.78, 5) is 14.8. The highest BCUT2D eigenvalue weighted by Gasteiger charge is 2.40. The molecule has 0 saturated heterocycles. The van der Waals surface area contributed by atoms with Gasteiger partial charge in [-0.2, -0.15) is 26.3 Å². The molecule has 168 valence electrons. The minimum atomic E-state index is -4.66. The van der Waals surface area contributed by atoms with Gasteiger partial charge in [0, 0.05) is 12.7 Å². The van der Waals surface area contributed by atoms with E-state index < -0.39 is 49.5 Å². The fourth-order valence-corrected chi connectivity index (χ4v) is 5.17. The Morgan fingerprint density at radius 1 is 1.03 bits per heavy atom. The Morgan fingerprint density at radius 3 is 2.26 bits per heavy atom. The number of pyridine rings is 1. The topological polar surface area (TPSA) is 76.1 Å². The van der Waals surface area contributed by atoms with Crippen LogP contribution in [0.2, 0.25) is 0 Å². The highest BCUT2D eigenvalue weighted by molar-refractivity contribution is 7.92. The van der Waals surface area contributed by atoms with E-state index in [1.165, 1.54) is 0 Å². The molecule has 1 amide bonds. The number of rotatable bonds is 5. The minimum Gasteiger partial charge on any atom is -0.352 e. The third-order valence-corrected chi connectivity index (χ3v) is 7.16. The van der Waals surface area contributed by atoms with Gasteiger partial charge in [-0.3, -0.25) is 9.78 Å². The van der Waals surface area contributed by atoms with Crippen LogP contribution in [0.1, 0.15) is 34.5 Å². The van der Waals surface area contributed by atoms with Crippen LogP contribution >= 0.6 is 0 Å². The predicted octanol–water partition coefficient (Wildman–Crippen LogP) is 4.10. The lowest BCUT2D eigenvalue weighted by Crippen LogP contribution is -2.42. The third kappa shape index (κ3) is 5.17. The number of hydrogen-bond donors (Lipinski definition) is 1.